The molecule has 1 fully saturated rings. The summed E-state index contributed by atoms with van der Waals surface area (Å²) in [4.78, 5) is 0. The lowest BCUT2D eigenvalue weighted by atomic mass is 10.3. The smallest absolute Gasteiger partial charge is 0.123 e. The summed E-state index contributed by atoms with van der Waals surface area (Å²) in [5.74, 6) is 3.43. The fourth-order valence-electron chi connectivity index (χ4n) is 0.971. The van der Waals surface area contributed by atoms with Crippen molar-refractivity contribution in [2.75, 3.05) is 5.32 Å². The Bertz CT molecular complexity index is 341. The molecule has 0 heterocycles. The lowest BCUT2D eigenvalue weighted by Gasteiger charge is -1.95. The Morgan fingerprint density at radius 2 is 1.92 bits per heavy atom. The van der Waals surface area contributed by atoms with Gasteiger partial charge in [-0.05, 0) is 37.1 Å². The van der Waals surface area contributed by atoms with Gasteiger partial charge in [0, 0.05) is 17.6 Å². The van der Waals surface area contributed by atoms with E-state index < -0.39 is 0 Å². The third-order valence-electron chi connectivity index (χ3n) is 1.90. The van der Waals surface area contributed by atoms with E-state index in [1.807, 2.05) is 0 Å². The van der Waals surface area contributed by atoms with Crippen molar-refractivity contribution in [1.29, 1.82) is 0 Å². The number of halogens is 1. The molecule has 1 aromatic carbocycles. The molecule has 1 nitrogen and oxygen atoms in total. The van der Waals surface area contributed by atoms with Gasteiger partial charge in [-0.15, -0.1) is 0 Å². The first-order valence-corrected chi connectivity index (χ1v) is 4.37. The van der Waals surface area contributed by atoms with Crippen LogP contribution in [0, 0.1) is 23.7 Å². The highest BCUT2D eigenvalue weighted by Crippen LogP contribution is 2.27. The lowest BCUT2D eigenvalue weighted by Crippen LogP contribution is -1.87. The lowest BCUT2D eigenvalue weighted by molar-refractivity contribution is 0.628. The van der Waals surface area contributed by atoms with Gasteiger partial charge in [0.2, 0.25) is 0 Å². The number of nitrogens with one attached hydrogen (secondary N) is 1. The van der Waals surface area contributed by atoms with Crippen LogP contribution in [0.25, 0.3) is 0 Å². The van der Waals surface area contributed by atoms with E-state index in [1.165, 1.54) is 25.0 Å². The van der Waals surface area contributed by atoms with Crippen LogP contribution in [0.2, 0.25) is 0 Å². The Morgan fingerprint density at radius 3 is 2.54 bits per heavy atom. The molecule has 0 unspecified atom stereocenters. The minimum Gasteiger partial charge on any atom is -0.315 e. The molecular formula is C11H10FN. The fourth-order valence-corrected chi connectivity index (χ4v) is 0.971. The zero-order chi connectivity index (χ0) is 9.10. The predicted molar refractivity (Wildman–Crippen MR) is 50.5 cm³/mol. The molecule has 0 atom stereocenters. The average Bonchev–Trinajstić information content (AvgIpc) is 2.92. The number of hydrogen-bond donors (Lipinski definition) is 1. The van der Waals surface area contributed by atoms with Crippen LogP contribution in [-0.4, -0.2) is 0 Å². The van der Waals surface area contributed by atoms with Crippen LogP contribution in [0.5, 0.6) is 0 Å². The molecule has 13 heavy (non-hydrogen) atoms. The number of hydrogen-bond acceptors (Lipinski definition) is 1. The van der Waals surface area contributed by atoms with Crippen LogP contribution in [0.3, 0.4) is 0 Å². The number of rotatable bonds is 1. The van der Waals surface area contributed by atoms with Crippen LogP contribution in [-0.2, 0) is 0 Å². The second kappa shape index (κ2) is 3.49. The normalized spacial score (nSPS) is 14.5. The van der Waals surface area contributed by atoms with E-state index in [4.69, 9.17) is 0 Å². The van der Waals surface area contributed by atoms with Gasteiger partial charge in [0.25, 0.3) is 0 Å². The van der Waals surface area contributed by atoms with Crippen molar-refractivity contribution < 1.29 is 4.39 Å². The molecule has 1 saturated carbocycles. The van der Waals surface area contributed by atoms with Crippen LogP contribution in [0.1, 0.15) is 12.8 Å². The van der Waals surface area contributed by atoms with E-state index in [0.29, 0.717) is 5.92 Å². The van der Waals surface area contributed by atoms with Gasteiger partial charge in [0.05, 0.1) is 0 Å². The number of anilines is 1. The highest BCUT2D eigenvalue weighted by molar-refractivity contribution is 5.47. The van der Waals surface area contributed by atoms with Crippen molar-refractivity contribution in [1.82, 2.24) is 0 Å². The van der Waals surface area contributed by atoms with Gasteiger partial charge in [-0.25, -0.2) is 4.39 Å². The van der Waals surface area contributed by atoms with E-state index in [0.717, 1.165) is 5.69 Å². The third-order valence-corrected chi connectivity index (χ3v) is 1.90. The second-order valence-electron chi connectivity index (χ2n) is 3.18. The van der Waals surface area contributed by atoms with Gasteiger partial charge in [-0.2, -0.15) is 0 Å². The highest BCUT2D eigenvalue weighted by Gasteiger charge is 2.17. The zero-order valence-electron chi connectivity index (χ0n) is 7.18. The molecule has 2 heteroatoms. The fraction of sp³-hybridized carbons (Fsp3) is 0.273. The van der Waals surface area contributed by atoms with Crippen molar-refractivity contribution in [2.24, 2.45) is 5.92 Å². The first kappa shape index (κ1) is 8.12. The minimum absolute atomic E-state index is 0.222. The molecule has 0 saturated heterocycles. The molecule has 1 aromatic rings. The van der Waals surface area contributed by atoms with Crippen molar-refractivity contribution >= 4 is 5.69 Å². The van der Waals surface area contributed by atoms with Gasteiger partial charge >= 0.3 is 0 Å². The summed E-state index contributed by atoms with van der Waals surface area (Å²) >= 11 is 0. The monoisotopic (exact) mass is 175 g/mol. The first-order valence-electron chi connectivity index (χ1n) is 4.37. The Kier molecular flexibility index (Phi) is 2.18. The van der Waals surface area contributed by atoms with E-state index in [9.17, 15) is 4.39 Å². The van der Waals surface area contributed by atoms with Crippen molar-refractivity contribution in [3.63, 3.8) is 0 Å². The topological polar surface area (TPSA) is 12.0 Å². The van der Waals surface area contributed by atoms with Crippen LogP contribution in [0.15, 0.2) is 24.3 Å². The maximum absolute atomic E-state index is 12.5. The maximum Gasteiger partial charge on any atom is 0.123 e. The SMILES string of the molecule is Fc1ccc(NC#CC2CC2)cc1. The second-order valence-corrected chi connectivity index (χ2v) is 3.18. The van der Waals surface area contributed by atoms with Crippen molar-refractivity contribution in [2.45, 2.75) is 12.8 Å². The summed E-state index contributed by atoms with van der Waals surface area (Å²) in [7, 11) is 0. The molecule has 1 aliphatic carbocycles. The average molecular weight is 175 g/mol. The summed E-state index contributed by atoms with van der Waals surface area (Å²) in [6.45, 7) is 0. The summed E-state index contributed by atoms with van der Waals surface area (Å²) in [5, 5.41) is 2.92. The zero-order valence-corrected chi connectivity index (χ0v) is 7.18. The molecule has 0 aromatic heterocycles. The van der Waals surface area contributed by atoms with Gasteiger partial charge < -0.3 is 5.32 Å². The van der Waals surface area contributed by atoms with Crippen LogP contribution in [0.4, 0.5) is 10.1 Å². The third kappa shape index (κ3) is 2.48. The molecule has 66 valence electrons. The van der Waals surface area contributed by atoms with Gasteiger partial charge in [-0.1, -0.05) is 5.92 Å². The van der Waals surface area contributed by atoms with Crippen molar-refractivity contribution in [3.8, 4) is 12.0 Å². The Morgan fingerprint density at radius 1 is 1.23 bits per heavy atom. The van der Waals surface area contributed by atoms with E-state index in [2.05, 4.69) is 17.3 Å². The van der Waals surface area contributed by atoms with E-state index in [-0.39, 0.29) is 5.82 Å². The molecule has 2 rings (SSSR count). The molecule has 1 N–H and O–H groups in total. The number of benzene rings is 1. The quantitative estimate of drug-likeness (QED) is 0.511. The first-order chi connectivity index (χ1) is 6.34. The van der Waals surface area contributed by atoms with E-state index in [1.54, 1.807) is 12.1 Å². The van der Waals surface area contributed by atoms with Gasteiger partial charge in [-0.3, -0.25) is 0 Å². The standard InChI is InChI=1S/C11H10FN/c12-10-3-5-11(6-4-10)13-8-7-9-1-2-9/h3-6,9,13H,1-2H2. The maximum atomic E-state index is 12.5. The molecule has 0 radical (unpaired) electrons. The Labute approximate surface area is 77.0 Å². The molecule has 1 aliphatic rings. The molecule has 0 spiro atoms. The summed E-state index contributed by atoms with van der Waals surface area (Å²) in [6, 6.07) is 9.05. The van der Waals surface area contributed by atoms with Crippen LogP contribution < -0.4 is 5.32 Å². The summed E-state index contributed by atoms with van der Waals surface area (Å²) in [5.41, 5.74) is 0.842. The molecule has 0 aliphatic heterocycles. The van der Waals surface area contributed by atoms with Crippen molar-refractivity contribution in [3.05, 3.63) is 30.1 Å². The molecule has 0 amide bonds. The van der Waals surface area contributed by atoms with Gasteiger partial charge in [0.15, 0.2) is 0 Å². The summed E-state index contributed by atoms with van der Waals surface area (Å²) < 4.78 is 12.5. The summed E-state index contributed by atoms with van der Waals surface area (Å²) in [6.07, 6.45) is 2.44. The van der Waals surface area contributed by atoms with E-state index >= 15 is 0 Å². The Balaban J connectivity index is 1.94. The minimum atomic E-state index is -0.222. The largest absolute Gasteiger partial charge is 0.315 e. The van der Waals surface area contributed by atoms with Gasteiger partial charge in [0.1, 0.15) is 5.82 Å². The van der Waals surface area contributed by atoms with Crippen LogP contribution >= 0.6 is 0 Å². The molecular weight excluding hydrogens is 165 g/mol. The highest BCUT2D eigenvalue weighted by atomic mass is 19.1. The predicted octanol–water partition coefficient (Wildman–Crippen LogP) is 2.61. The Hall–Kier alpha value is -1.49. The molecule has 0 bridgehead atoms.